The lowest BCUT2D eigenvalue weighted by Crippen LogP contribution is -2.54. The monoisotopic (exact) mass is 318 g/mol. The number of aryl methyl sites for hydroxylation is 2. The fourth-order valence-electron chi connectivity index (χ4n) is 2.44. The largest absolute Gasteiger partial charge is 0.444 e. The number of carbonyl (C=O) groups excluding carboxylic acids is 1. The van der Waals surface area contributed by atoms with E-state index in [1.807, 2.05) is 46.8 Å². The van der Waals surface area contributed by atoms with Crippen LogP contribution >= 0.6 is 0 Å². The highest BCUT2D eigenvalue weighted by molar-refractivity contribution is 5.92. The minimum atomic E-state index is -0.477. The smallest absolute Gasteiger partial charge is 0.410 e. The van der Waals surface area contributed by atoms with Gasteiger partial charge in [-0.3, -0.25) is 0 Å². The number of guanidine groups is 1. The maximum absolute atomic E-state index is 11.8. The molecule has 126 valence electrons. The molecule has 0 bridgehead atoms. The van der Waals surface area contributed by atoms with Crippen LogP contribution in [-0.2, 0) is 4.74 Å². The number of nitrogens with two attached hydrogens (primary N) is 1. The van der Waals surface area contributed by atoms with E-state index in [2.05, 4.69) is 16.4 Å². The van der Waals surface area contributed by atoms with Gasteiger partial charge in [-0.2, -0.15) is 0 Å². The molecule has 1 amide bonds. The molecule has 0 aliphatic carbocycles. The molecule has 3 N–H and O–H groups in total. The molecule has 6 nitrogen and oxygen atoms in total. The molecular weight excluding hydrogens is 292 g/mol. The van der Waals surface area contributed by atoms with Crippen LogP contribution in [0.25, 0.3) is 0 Å². The van der Waals surface area contributed by atoms with Gasteiger partial charge in [-0.1, -0.05) is 6.07 Å². The molecule has 1 aromatic rings. The number of hydrogen-bond donors (Lipinski definition) is 2. The fourth-order valence-corrected chi connectivity index (χ4v) is 2.44. The number of likely N-dealkylation sites (tertiary alicyclic amines) is 1. The minimum absolute atomic E-state index is 0.0147. The molecule has 0 atom stereocenters. The second-order valence-electron chi connectivity index (χ2n) is 7.05. The van der Waals surface area contributed by atoms with E-state index in [0.717, 1.165) is 5.69 Å². The summed E-state index contributed by atoms with van der Waals surface area (Å²) in [5, 5.41) is 3.10. The molecule has 0 saturated carbocycles. The summed E-state index contributed by atoms with van der Waals surface area (Å²) in [6.07, 6.45) is -0.301. The maximum Gasteiger partial charge on any atom is 0.410 e. The minimum Gasteiger partial charge on any atom is -0.444 e. The molecule has 6 heteroatoms. The molecule has 1 fully saturated rings. The highest BCUT2D eigenvalue weighted by Gasteiger charge is 2.33. The Labute approximate surface area is 137 Å². The van der Waals surface area contributed by atoms with E-state index in [1.165, 1.54) is 11.1 Å². The number of carbonyl (C=O) groups is 1. The van der Waals surface area contributed by atoms with E-state index < -0.39 is 5.60 Å². The van der Waals surface area contributed by atoms with Crippen molar-refractivity contribution in [1.29, 1.82) is 0 Å². The lowest BCUT2D eigenvalue weighted by atomic mass is 10.1. The topological polar surface area (TPSA) is 80.0 Å². The van der Waals surface area contributed by atoms with Crippen molar-refractivity contribution < 1.29 is 9.53 Å². The first-order valence-electron chi connectivity index (χ1n) is 7.79. The second-order valence-corrected chi connectivity index (χ2v) is 7.05. The molecule has 23 heavy (non-hydrogen) atoms. The van der Waals surface area contributed by atoms with Crippen LogP contribution in [0.15, 0.2) is 23.2 Å². The Bertz CT molecular complexity index is 593. The predicted octanol–water partition coefficient (Wildman–Crippen LogP) is 2.65. The van der Waals surface area contributed by atoms with Gasteiger partial charge in [0.25, 0.3) is 0 Å². The number of rotatable bonds is 2. The van der Waals surface area contributed by atoms with Crippen LogP contribution in [-0.4, -0.2) is 41.7 Å². The molecule has 2 rings (SSSR count). The summed E-state index contributed by atoms with van der Waals surface area (Å²) in [5.41, 5.74) is 8.72. The standard InChI is InChI=1S/C17H26N4O2/c1-11-6-12(2)8-13(7-11)19-15(18)20-14-9-21(10-14)16(22)23-17(3,4)5/h6-8,14H,9-10H2,1-5H3,(H3,18,19,20). The van der Waals surface area contributed by atoms with Gasteiger partial charge in [0.05, 0.1) is 6.04 Å². The molecule has 1 heterocycles. The zero-order chi connectivity index (χ0) is 17.2. The van der Waals surface area contributed by atoms with Crippen molar-refractivity contribution in [1.82, 2.24) is 4.90 Å². The van der Waals surface area contributed by atoms with Crippen LogP contribution < -0.4 is 11.1 Å². The van der Waals surface area contributed by atoms with Crippen molar-refractivity contribution in [2.75, 3.05) is 18.4 Å². The second kappa shape index (κ2) is 6.48. The van der Waals surface area contributed by atoms with Crippen molar-refractivity contribution in [2.24, 2.45) is 10.7 Å². The van der Waals surface area contributed by atoms with Crippen LogP contribution in [0.1, 0.15) is 31.9 Å². The first kappa shape index (κ1) is 17.1. The summed E-state index contributed by atoms with van der Waals surface area (Å²) in [6, 6.07) is 6.15. The Morgan fingerprint density at radius 3 is 2.35 bits per heavy atom. The zero-order valence-electron chi connectivity index (χ0n) is 14.5. The highest BCUT2D eigenvalue weighted by atomic mass is 16.6. The van der Waals surface area contributed by atoms with Gasteiger partial charge in [0.1, 0.15) is 5.60 Å². The first-order chi connectivity index (χ1) is 10.6. The lowest BCUT2D eigenvalue weighted by molar-refractivity contribution is 0.00905. The van der Waals surface area contributed by atoms with E-state index in [-0.39, 0.29) is 12.1 Å². The Balaban J connectivity index is 1.86. The van der Waals surface area contributed by atoms with Gasteiger partial charge in [-0.25, -0.2) is 9.79 Å². The normalized spacial score (nSPS) is 16.0. The number of benzene rings is 1. The van der Waals surface area contributed by atoms with E-state index in [9.17, 15) is 4.79 Å². The molecule has 1 aliphatic rings. The van der Waals surface area contributed by atoms with Crippen LogP contribution in [0, 0.1) is 13.8 Å². The molecule has 0 spiro atoms. The summed E-state index contributed by atoms with van der Waals surface area (Å²) < 4.78 is 5.31. The highest BCUT2D eigenvalue weighted by Crippen LogP contribution is 2.18. The fraction of sp³-hybridized carbons (Fsp3) is 0.529. The third kappa shape index (κ3) is 5.16. The van der Waals surface area contributed by atoms with Gasteiger partial charge in [0.2, 0.25) is 0 Å². The molecule has 0 unspecified atom stereocenters. The lowest BCUT2D eigenvalue weighted by Gasteiger charge is -2.37. The third-order valence-corrected chi connectivity index (χ3v) is 3.33. The van der Waals surface area contributed by atoms with E-state index in [1.54, 1.807) is 4.90 Å². The van der Waals surface area contributed by atoms with Crippen LogP contribution in [0.2, 0.25) is 0 Å². The van der Waals surface area contributed by atoms with Crippen LogP contribution in [0.3, 0.4) is 0 Å². The average molecular weight is 318 g/mol. The van der Waals surface area contributed by atoms with E-state index in [0.29, 0.717) is 19.0 Å². The first-order valence-corrected chi connectivity index (χ1v) is 7.79. The molecule has 1 saturated heterocycles. The number of aliphatic imine (C=N–C) groups is 1. The number of ether oxygens (including phenoxy) is 1. The molecule has 0 radical (unpaired) electrons. The van der Waals surface area contributed by atoms with Gasteiger partial charge in [-0.05, 0) is 57.9 Å². The van der Waals surface area contributed by atoms with Gasteiger partial charge in [0.15, 0.2) is 5.96 Å². The summed E-state index contributed by atoms with van der Waals surface area (Å²) in [4.78, 5) is 17.9. The number of anilines is 1. The summed E-state index contributed by atoms with van der Waals surface area (Å²) in [6.45, 7) is 10.7. The average Bonchev–Trinajstić information content (AvgIpc) is 2.29. The Morgan fingerprint density at radius 1 is 1.26 bits per heavy atom. The number of nitrogens with one attached hydrogen (secondary N) is 1. The van der Waals surface area contributed by atoms with E-state index >= 15 is 0 Å². The zero-order valence-corrected chi connectivity index (χ0v) is 14.5. The summed E-state index contributed by atoms with van der Waals surface area (Å²) in [5.74, 6) is 0.365. The third-order valence-electron chi connectivity index (χ3n) is 3.33. The summed E-state index contributed by atoms with van der Waals surface area (Å²) >= 11 is 0. The van der Waals surface area contributed by atoms with Crippen molar-refractivity contribution >= 4 is 17.7 Å². The van der Waals surface area contributed by atoms with Crippen molar-refractivity contribution in [3.05, 3.63) is 29.3 Å². The molecule has 1 aliphatic heterocycles. The van der Waals surface area contributed by atoms with Gasteiger partial charge < -0.3 is 20.7 Å². The number of amides is 1. The summed E-state index contributed by atoms with van der Waals surface area (Å²) in [7, 11) is 0. The van der Waals surface area contributed by atoms with Gasteiger partial charge in [0, 0.05) is 18.8 Å². The molecular formula is C17H26N4O2. The van der Waals surface area contributed by atoms with Gasteiger partial charge >= 0.3 is 6.09 Å². The number of nitrogens with zero attached hydrogens (tertiary/aromatic N) is 2. The van der Waals surface area contributed by atoms with Crippen LogP contribution in [0.4, 0.5) is 10.5 Å². The Kier molecular flexibility index (Phi) is 4.82. The quantitative estimate of drug-likeness (QED) is 0.649. The van der Waals surface area contributed by atoms with Crippen molar-refractivity contribution in [2.45, 2.75) is 46.3 Å². The van der Waals surface area contributed by atoms with Gasteiger partial charge in [-0.15, -0.1) is 0 Å². The number of hydrogen-bond acceptors (Lipinski definition) is 3. The Hall–Kier alpha value is -2.24. The SMILES string of the molecule is Cc1cc(C)cc(NC(N)=NC2CN(C(=O)OC(C)(C)C)C2)c1. The van der Waals surface area contributed by atoms with E-state index in [4.69, 9.17) is 10.5 Å². The van der Waals surface area contributed by atoms with Crippen molar-refractivity contribution in [3.63, 3.8) is 0 Å². The molecule has 0 aromatic heterocycles. The predicted molar refractivity (Wildman–Crippen MR) is 92.8 cm³/mol. The molecule has 1 aromatic carbocycles. The maximum atomic E-state index is 11.8. The van der Waals surface area contributed by atoms with Crippen LogP contribution in [0.5, 0.6) is 0 Å². The Morgan fingerprint density at radius 2 is 1.83 bits per heavy atom. The van der Waals surface area contributed by atoms with Crippen molar-refractivity contribution in [3.8, 4) is 0 Å².